The van der Waals surface area contributed by atoms with Crippen molar-refractivity contribution in [1.29, 1.82) is 0 Å². The summed E-state index contributed by atoms with van der Waals surface area (Å²) in [6.45, 7) is 0. The summed E-state index contributed by atoms with van der Waals surface area (Å²) >= 11 is 0. The zero-order chi connectivity index (χ0) is 15.4. The number of non-ortho nitro benzene ring substituents is 1. The molecule has 0 saturated carbocycles. The number of hydrogen-bond acceptors (Lipinski definition) is 5. The number of nitrogens with zero attached hydrogens (tertiary/aromatic N) is 2. The number of hydrogen-bond donors (Lipinski definition) is 2. The normalized spacial score (nSPS) is 10.0. The van der Waals surface area contributed by atoms with Crippen LogP contribution in [-0.2, 0) is 0 Å². The maximum atomic E-state index is 13.7. The zero-order valence-corrected chi connectivity index (χ0v) is 11.0. The molecule has 108 valence electrons. The Balaban J connectivity index is 2.21. The minimum Gasteiger partial charge on any atom is -0.388 e. The molecule has 21 heavy (non-hydrogen) atoms. The fourth-order valence-corrected chi connectivity index (χ4v) is 1.62. The smallest absolute Gasteiger partial charge is 0.274 e. The summed E-state index contributed by atoms with van der Waals surface area (Å²) in [6.07, 6.45) is 1.44. The van der Waals surface area contributed by atoms with Crippen LogP contribution in [0.4, 0.5) is 21.5 Å². The number of carbonyl (C=O) groups is 1. The van der Waals surface area contributed by atoms with Crippen LogP contribution in [0.1, 0.15) is 10.5 Å². The molecule has 0 bridgehead atoms. The van der Waals surface area contributed by atoms with Crippen molar-refractivity contribution in [2.45, 2.75) is 0 Å². The first kappa shape index (κ1) is 14.4. The van der Waals surface area contributed by atoms with E-state index in [0.29, 0.717) is 5.69 Å². The molecule has 0 aliphatic rings. The quantitative estimate of drug-likeness (QED) is 0.665. The van der Waals surface area contributed by atoms with Crippen molar-refractivity contribution in [3.05, 3.63) is 58.2 Å². The molecule has 0 aliphatic carbocycles. The summed E-state index contributed by atoms with van der Waals surface area (Å²) in [5.41, 5.74) is 0.238. The molecule has 2 rings (SSSR count). The molecular weight excluding hydrogens is 279 g/mol. The van der Waals surface area contributed by atoms with Crippen LogP contribution in [0.15, 0.2) is 36.5 Å². The van der Waals surface area contributed by atoms with E-state index in [2.05, 4.69) is 15.6 Å². The highest BCUT2D eigenvalue weighted by Crippen LogP contribution is 2.21. The number of benzene rings is 1. The van der Waals surface area contributed by atoms with Crippen LogP contribution in [0.2, 0.25) is 0 Å². The molecule has 1 amide bonds. The Hall–Kier alpha value is -3.03. The average molecular weight is 290 g/mol. The van der Waals surface area contributed by atoms with E-state index in [-0.39, 0.29) is 17.1 Å². The molecule has 2 aromatic rings. The number of anilines is 2. The van der Waals surface area contributed by atoms with Crippen LogP contribution < -0.4 is 10.6 Å². The number of pyridine rings is 1. The number of carbonyl (C=O) groups excluding carboxylic acids is 1. The van der Waals surface area contributed by atoms with Gasteiger partial charge in [0.1, 0.15) is 5.69 Å². The predicted molar refractivity (Wildman–Crippen MR) is 74.8 cm³/mol. The van der Waals surface area contributed by atoms with E-state index in [1.54, 1.807) is 13.1 Å². The van der Waals surface area contributed by atoms with Crippen molar-refractivity contribution < 1.29 is 14.1 Å². The molecular formula is C13H11FN4O3. The van der Waals surface area contributed by atoms with Gasteiger partial charge in [0.15, 0.2) is 5.82 Å². The number of nitro groups is 1. The lowest BCUT2D eigenvalue weighted by atomic mass is 10.2. The molecule has 0 spiro atoms. The van der Waals surface area contributed by atoms with Gasteiger partial charge in [-0.05, 0) is 18.2 Å². The highest BCUT2D eigenvalue weighted by molar-refractivity contribution is 6.03. The Labute approximate surface area is 119 Å². The molecule has 1 heterocycles. The highest BCUT2D eigenvalue weighted by atomic mass is 19.1. The van der Waals surface area contributed by atoms with Crippen LogP contribution in [0.5, 0.6) is 0 Å². The molecule has 8 heteroatoms. The van der Waals surface area contributed by atoms with Crippen LogP contribution >= 0.6 is 0 Å². The Morgan fingerprint density at radius 3 is 2.71 bits per heavy atom. The molecule has 0 aliphatic heterocycles. The molecule has 0 atom stereocenters. The highest BCUT2D eigenvalue weighted by Gasteiger charge is 2.14. The van der Waals surface area contributed by atoms with Gasteiger partial charge in [0.25, 0.3) is 11.6 Å². The molecule has 0 unspecified atom stereocenters. The topological polar surface area (TPSA) is 97.2 Å². The molecule has 0 saturated heterocycles. The van der Waals surface area contributed by atoms with Gasteiger partial charge in [0.05, 0.1) is 16.7 Å². The second-order valence-corrected chi connectivity index (χ2v) is 4.06. The van der Waals surface area contributed by atoms with E-state index in [9.17, 15) is 19.3 Å². The van der Waals surface area contributed by atoms with Gasteiger partial charge in [-0.25, -0.2) is 4.39 Å². The van der Waals surface area contributed by atoms with Crippen molar-refractivity contribution in [2.75, 3.05) is 17.7 Å². The number of amides is 1. The van der Waals surface area contributed by atoms with E-state index >= 15 is 0 Å². The van der Waals surface area contributed by atoms with Crippen molar-refractivity contribution in [3.8, 4) is 0 Å². The number of aromatic nitrogens is 1. The van der Waals surface area contributed by atoms with Crippen molar-refractivity contribution >= 4 is 23.0 Å². The number of nitrogens with one attached hydrogen (secondary N) is 2. The third-order valence-corrected chi connectivity index (χ3v) is 2.69. The van der Waals surface area contributed by atoms with Crippen LogP contribution in [-0.4, -0.2) is 22.9 Å². The Kier molecular flexibility index (Phi) is 4.07. The van der Waals surface area contributed by atoms with Crippen molar-refractivity contribution in [1.82, 2.24) is 4.98 Å². The Morgan fingerprint density at radius 2 is 2.10 bits per heavy atom. The van der Waals surface area contributed by atoms with Gasteiger partial charge in [-0.3, -0.25) is 19.9 Å². The predicted octanol–water partition coefficient (Wildman–Crippen LogP) is 2.42. The first-order chi connectivity index (χ1) is 10.0. The SMILES string of the molecule is CNc1ccnc(C(=O)Nc2ccc([N+](=O)[O-])cc2F)c1. The van der Waals surface area contributed by atoms with Gasteiger partial charge in [-0.2, -0.15) is 0 Å². The Bertz CT molecular complexity index is 706. The van der Waals surface area contributed by atoms with Crippen LogP contribution in [0, 0.1) is 15.9 Å². The second-order valence-electron chi connectivity index (χ2n) is 4.06. The fourth-order valence-electron chi connectivity index (χ4n) is 1.62. The molecule has 2 N–H and O–H groups in total. The second kappa shape index (κ2) is 5.95. The molecule has 0 fully saturated rings. The van der Waals surface area contributed by atoms with Crippen LogP contribution in [0.25, 0.3) is 0 Å². The maximum absolute atomic E-state index is 13.7. The molecule has 1 aromatic carbocycles. The van der Waals surface area contributed by atoms with Gasteiger partial charge in [0.2, 0.25) is 0 Å². The van der Waals surface area contributed by atoms with Gasteiger partial charge in [-0.15, -0.1) is 0 Å². The fraction of sp³-hybridized carbons (Fsp3) is 0.0769. The summed E-state index contributed by atoms with van der Waals surface area (Å²) < 4.78 is 13.7. The lowest BCUT2D eigenvalue weighted by Gasteiger charge is -2.07. The van der Waals surface area contributed by atoms with Gasteiger partial charge in [-0.1, -0.05) is 0 Å². The summed E-state index contributed by atoms with van der Waals surface area (Å²) in [6, 6.07) is 6.15. The Morgan fingerprint density at radius 1 is 1.33 bits per heavy atom. The van der Waals surface area contributed by atoms with Gasteiger partial charge >= 0.3 is 0 Å². The number of nitro benzene ring substituents is 1. The summed E-state index contributed by atoms with van der Waals surface area (Å²) in [5.74, 6) is -1.50. The third kappa shape index (κ3) is 3.30. The van der Waals surface area contributed by atoms with E-state index in [0.717, 1.165) is 18.2 Å². The number of rotatable bonds is 4. The summed E-state index contributed by atoms with van der Waals surface area (Å²) in [5, 5.41) is 15.7. The maximum Gasteiger partial charge on any atom is 0.274 e. The summed E-state index contributed by atoms with van der Waals surface area (Å²) in [4.78, 5) is 25.6. The molecule has 0 radical (unpaired) electrons. The van der Waals surface area contributed by atoms with Crippen LogP contribution in [0.3, 0.4) is 0 Å². The average Bonchev–Trinajstić information content (AvgIpc) is 2.49. The third-order valence-electron chi connectivity index (χ3n) is 2.69. The molecule has 1 aromatic heterocycles. The minimum absolute atomic E-state index is 0.0969. The standard InChI is InChI=1S/C13H11FN4O3/c1-15-8-4-5-16-12(6-8)13(19)17-11-3-2-9(18(20)21)7-10(11)14/h2-7H,1H3,(H,15,16)(H,17,19). The number of halogens is 1. The monoisotopic (exact) mass is 290 g/mol. The van der Waals surface area contributed by atoms with Gasteiger partial charge in [0, 0.05) is 25.0 Å². The largest absolute Gasteiger partial charge is 0.388 e. The first-order valence-electron chi connectivity index (χ1n) is 5.90. The zero-order valence-electron chi connectivity index (χ0n) is 11.0. The minimum atomic E-state index is -0.887. The molecule has 7 nitrogen and oxygen atoms in total. The van der Waals surface area contributed by atoms with Gasteiger partial charge < -0.3 is 10.6 Å². The van der Waals surface area contributed by atoms with E-state index in [4.69, 9.17) is 0 Å². The van der Waals surface area contributed by atoms with E-state index in [1.807, 2.05) is 0 Å². The van der Waals surface area contributed by atoms with E-state index in [1.165, 1.54) is 12.3 Å². The van der Waals surface area contributed by atoms with Crippen molar-refractivity contribution in [3.63, 3.8) is 0 Å². The summed E-state index contributed by atoms with van der Waals surface area (Å²) in [7, 11) is 1.69. The first-order valence-corrected chi connectivity index (χ1v) is 5.90. The van der Waals surface area contributed by atoms with Crippen molar-refractivity contribution in [2.24, 2.45) is 0 Å². The lowest BCUT2D eigenvalue weighted by Crippen LogP contribution is -2.15. The lowest BCUT2D eigenvalue weighted by molar-refractivity contribution is -0.385. The van der Waals surface area contributed by atoms with E-state index < -0.39 is 16.6 Å².